The summed E-state index contributed by atoms with van der Waals surface area (Å²) >= 11 is 6.76. The first-order valence-electron chi connectivity index (χ1n) is 10.2. The van der Waals surface area contributed by atoms with Gasteiger partial charge in [0.2, 0.25) is 5.91 Å². The van der Waals surface area contributed by atoms with Gasteiger partial charge in [0.15, 0.2) is 5.75 Å². The van der Waals surface area contributed by atoms with Crippen molar-refractivity contribution in [3.05, 3.63) is 110 Å². The number of ether oxygens (including phenoxy) is 1. The van der Waals surface area contributed by atoms with Crippen LogP contribution in [-0.4, -0.2) is 18.1 Å². The normalized spacial score (nSPS) is 11.0. The molecule has 4 rings (SSSR count). The highest BCUT2D eigenvalue weighted by molar-refractivity contribution is 9.11. The summed E-state index contributed by atoms with van der Waals surface area (Å²) in [6, 6.07) is 22.2. The van der Waals surface area contributed by atoms with Gasteiger partial charge in [-0.05, 0) is 62.6 Å². The molecule has 0 bridgehead atoms. The quantitative estimate of drug-likeness (QED) is 0.123. The van der Waals surface area contributed by atoms with Gasteiger partial charge in [-0.1, -0.05) is 64.5 Å². The van der Waals surface area contributed by atoms with Gasteiger partial charge in [0.1, 0.15) is 5.82 Å². The number of hydrogen-bond donors (Lipinski definition) is 1. The maximum atomic E-state index is 13.5. The molecule has 0 radical (unpaired) electrons. The van der Waals surface area contributed by atoms with Crippen molar-refractivity contribution in [1.29, 1.82) is 0 Å². The Morgan fingerprint density at radius 3 is 2.56 bits per heavy atom. The molecule has 0 spiro atoms. The monoisotopic (exact) mass is 582 g/mol. The molecule has 8 heteroatoms. The minimum absolute atomic E-state index is 0.0705. The second-order valence-corrected chi connectivity index (χ2v) is 9.08. The van der Waals surface area contributed by atoms with Crippen molar-refractivity contribution >= 4 is 60.7 Å². The molecule has 1 amide bonds. The maximum absolute atomic E-state index is 13.5. The predicted molar refractivity (Wildman–Crippen MR) is 137 cm³/mol. The van der Waals surface area contributed by atoms with Gasteiger partial charge in [0.25, 0.3) is 0 Å². The van der Waals surface area contributed by atoms with Crippen molar-refractivity contribution in [2.45, 2.75) is 6.42 Å². The number of nitrogens with zero attached hydrogens (tertiary/aromatic N) is 1. The molecule has 0 saturated heterocycles. The zero-order valence-electron chi connectivity index (χ0n) is 17.6. The largest absolute Gasteiger partial charge is 0.421 e. The first-order valence-corrected chi connectivity index (χ1v) is 11.7. The van der Waals surface area contributed by atoms with Crippen LogP contribution in [0.15, 0.2) is 92.9 Å². The number of halogens is 3. The maximum Gasteiger partial charge on any atom is 0.343 e. The van der Waals surface area contributed by atoms with E-state index in [2.05, 4.69) is 42.4 Å². The van der Waals surface area contributed by atoms with Crippen LogP contribution >= 0.6 is 31.9 Å². The minimum Gasteiger partial charge on any atom is -0.421 e. The van der Waals surface area contributed by atoms with Gasteiger partial charge >= 0.3 is 5.97 Å². The van der Waals surface area contributed by atoms with Crippen LogP contribution in [-0.2, 0) is 11.2 Å². The summed E-state index contributed by atoms with van der Waals surface area (Å²) in [5.41, 5.74) is 3.90. The molecule has 0 aliphatic heterocycles. The second kappa shape index (κ2) is 10.7. The number of rotatable bonds is 6. The van der Waals surface area contributed by atoms with E-state index >= 15 is 0 Å². The summed E-state index contributed by atoms with van der Waals surface area (Å²) < 4.78 is 20.2. The Bertz CT molecular complexity index is 1420. The molecule has 0 aromatic heterocycles. The lowest BCUT2D eigenvalue weighted by atomic mass is 10.0. The van der Waals surface area contributed by atoms with E-state index in [0.29, 0.717) is 14.5 Å². The lowest BCUT2D eigenvalue weighted by molar-refractivity contribution is -0.120. The summed E-state index contributed by atoms with van der Waals surface area (Å²) in [6.45, 7) is 0. The van der Waals surface area contributed by atoms with Crippen LogP contribution in [0.2, 0.25) is 0 Å². The predicted octanol–water partition coefficient (Wildman–Crippen LogP) is 6.42. The van der Waals surface area contributed by atoms with E-state index in [-0.39, 0.29) is 23.6 Å². The third kappa shape index (κ3) is 5.76. The molecule has 1 N–H and O–H groups in total. The van der Waals surface area contributed by atoms with E-state index in [1.807, 2.05) is 42.5 Å². The lowest BCUT2D eigenvalue weighted by Crippen LogP contribution is -2.20. The van der Waals surface area contributed by atoms with E-state index in [0.717, 1.165) is 22.4 Å². The summed E-state index contributed by atoms with van der Waals surface area (Å²) in [7, 11) is 0. The van der Waals surface area contributed by atoms with E-state index in [1.165, 1.54) is 24.4 Å². The molecule has 0 aliphatic rings. The van der Waals surface area contributed by atoms with Crippen LogP contribution in [0.3, 0.4) is 0 Å². The van der Waals surface area contributed by atoms with Crippen molar-refractivity contribution < 1.29 is 18.7 Å². The third-order valence-corrected chi connectivity index (χ3v) is 5.96. The average Bonchev–Trinajstić information content (AvgIpc) is 2.81. The number of hydrogen-bond acceptors (Lipinski definition) is 4. The first kappa shape index (κ1) is 23.8. The van der Waals surface area contributed by atoms with Crippen LogP contribution in [0.4, 0.5) is 4.39 Å². The number of amides is 1. The molecule has 5 nitrogen and oxygen atoms in total. The lowest BCUT2D eigenvalue weighted by Gasteiger charge is -2.11. The van der Waals surface area contributed by atoms with Crippen molar-refractivity contribution in [1.82, 2.24) is 5.43 Å². The fourth-order valence-electron chi connectivity index (χ4n) is 3.38. The van der Waals surface area contributed by atoms with Crippen molar-refractivity contribution in [3.63, 3.8) is 0 Å². The Balaban J connectivity index is 1.50. The van der Waals surface area contributed by atoms with Crippen LogP contribution in [0.25, 0.3) is 10.8 Å². The molecule has 0 heterocycles. The molecule has 4 aromatic carbocycles. The van der Waals surface area contributed by atoms with E-state index in [9.17, 15) is 14.0 Å². The second-order valence-electron chi connectivity index (χ2n) is 7.31. The Morgan fingerprint density at radius 2 is 1.74 bits per heavy atom. The van der Waals surface area contributed by atoms with Gasteiger partial charge in [-0.2, -0.15) is 5.10 Å². The fourth-order valence-corrected chi connectivity index (χ4v) is 4.72. The average molecular weight is 584 g/mol. The van der Waals surface area contributed by atoms with E-state index in [1.54, 1.807) is 12.1 Å². The van der Waals surface area contributed by atoms with E-state index in [4.69, 9.17) is 4.74 Å². The molecule has 0 atom stereocenters. The van der Waals surface area contributed by atoms with Crippen LogP contribution in [0.5, 0.6) is 5.75 Å². The standard InChI is InChI=1S/C26H17Br2FN2O3/c27-20-11-19(25(23(28)14-20)34-26(33)18-8-4-9-21(29)12-18)15-30-31-24(32)13-17-7-3-6-16-5-1-2-10-22(16)17/h1-12,14-15H,13H2,(H,31,32). The third-order valence-electron chi connectivity index (χ3n) is 4.92. The van der Waals surface area contributed by atoms with Crippen LogP contribution in [0.1, 0.15) is 21.5 Å². The number of carbonyl (C=O) groups excluding carboxylic acids is 2. The van der Waals surface area contributed by atoms with E-state index < -0.39 is 11.8 Å². The molecule has 0 saturated carbocycles. The smallest absolute Gasteiger partial charge is 0.343 e. The van der Waals surface area contributed by atoms with Crippen molar-refractivity contribution in [3.8, 4) is 5.75 Å². The first-order chi connectivity index (χ1) is 16.4. The molecule has 170 valence electrons. The fraction of sp³-hybridized carbons (Fsp3) is 0.0385. The number of fused-ring (bicyclic) bond motifs is 1. The number of esters is 1. The Morgan fingerprint density at radius 1 is 0.971 bits per heavy atom. The number of carbonyl (C=O) groups is 2. The van der Waals surface area contributed by atoms with Crippen molar-refractivity contribution in [2.24, 2.45) is 5.10 Å². The topological polar surface area (TPSA) is 67.8 Å². The number of hydrazone groups is 1. The zero-order chi connectivity index (χ0) is 24.1. The molecule has 0 aliphatic carbocycles. The minimum atomic E-state index is -0.725. The van der Waals surface area contributed by atoms with Gasteiger partial charge in [-0.15, -0.1) is 0 Å². The number of nitrogens with one attached hydrogen (secondary N) is 1. The summed E-state index contributed by atoms with van der Waals surface area (Å²) in [5.74, 6) is -1.37. The highest BCUT2D eigenvalue weighted by Gasteiger charge is 2.16. The Kier molecular flexibility index (Phi) is 7.49. The van der Waals surface area contributed by atoms with Gasteiger partial charge in [-0.3, -0.25) is 4.79 Å². The molecular formula is C26H17Br2FN2O3. The highest BCUT2D eigenvalue weighted by atomic mass is 79.9. The zero-order valence-corrected chi connectivity index (χ0v) is 20.8. The SMILES string of the molecule is O=C(Cc1cccc2ccccc12)NN=Cc1cc(Br)cc(Br)c1OC(=O)c1cccc(F)c1. The van der Waals surface area contributed by atoms with Gasteiger partial charge < -0.3 is 4.74 Å². The molecular weight excluding hydrogens is 567 g/mol. The summed E-state index contributed by atoms with van der Waals surface area (Å²) in [4.78, 5) is 25.0. The number of benzene rings is 4. The summed E-state index contributed by atoms with van der Waals surface area (Å²) in [6.07, 6.45) is 1.53. The van der Waals surface area contributed by atoms with Gasteiger partial charge in [-0.25, -0.2) is 14.6 Å². The Hall–Kier alpha value is -3.36. The Labute approximate surface area is 211 Å². The van der Waals surface area contributed by atoms with Crippen LogP contribution < -0.4 is 10.2 Å². The molecule has 0 unspecified atom stereocenters. The molecule has 4 aromatic rings. The molecule has 0 fully saturated rings. The summed E-state index contributed by atoms with van der Waals surface area (Å²) in [5, 5.41) is 6.10. The highest BCUT2D eigenvalue weighted by Crippen LogP contribution is 2.32. The molecule has 34 heavy (non-hydrogen) atoms. The van der Waals surface area contributed by atoms with Gasteiger partial charge in [0.05, 0.1) is 22.7 Å². The van der Waals surface area contributed by atoms with Crippen LogP contribution in [0, 0.1) is 5.82 Å². The van der Waals surface area contributed by atoms with Gasteiger partial charge in [0, 0.05) is 10.0 Å². The van der Waals surface area contributed by atoms with Crippen molar-refractivity contribution in [2.75, 3.05) is 0 Å².